The summed E-state index contributed by atoms with van der Waals surface area (Å²) in [6, 6.07) is -0.651. The molecule has 106 valence electrons. The molecular formula is C12H14N4O3S. The van der Waals surface area contributed by atoms with Crippen LogP contribution in [0.15, 0.2) is 10.2 Å². The number of anilines is 1. The zero-order valence-electron chi connectivity index (χ0n) is 10.8. The minimum atomic E-state index is -0.849. The molecule has 0 spiro atoms. The maximum atomic E-state index is 12.6. The van der Waals surface area contributed by atoms with Gasteiger partial charge in [0.1, 0.15) is 23.1 Å². The Hall–Kier alpha value is -1.93. The second-order valence-corrected chi connectivity index (χ2v) is 5.72. The average Bonchev–Trinajstić information content (AvgIpc) is 2.73. The van der Waals surface area contributed by atoms with E-state index in [4.69, 9.17) is 5.73 Å². The van der Waals surface area contributed by atoms with Gasteiger partial charge in [-0.05, 0) is 19.8 Å². The van der Waals surface area contributed by atoms with Crippen LogP contribution in [0.3, 0.4) is 0 Å². The zero-order chi connectivity index (χ0) is 14.4. The number of nitrogen functional groups attached to an aromatic ring is 1. The van der Waals surface area contributed by atoms with Gasteiger partial charge in [-0.15, -0.1) is 11.3 Å². The number of rotatable bonds is 1. The first-order valence-corrected chi connectivity index (χ1v) is 7.11. The van der Waals surface area contributed by atoms with E-state index >= 15 is 0 Å². The molecule has 7 nitrogen and oxygen atoms in total. The summed E-state index contributed by atoms with van der Waals surface area (Å²) in [5, 5.41) is 14.3. The Kier molecular flexibility index (Phi) is 2.98. The summed E-state index contributed by atoms with van der Waals surface area (Å²) in [5.74, 6) is 0.0979. The number of thiophene rings is 1. The third-order valence-corrected chi connectivity index (χ3v) is 4.30. The Morgan fingerprint density at radius 1 is 1.50 bits per heavy atom. The summed E-state index contributed by atoms with van der Waals surface area (Å²) in [6.45, 7) is 1.69. The fourth-order valence-corrected chi connectivity index (χ4v) is 3.27. The smallest absolute Gasteiger partial charge is 0.265 e. The summed E-state index contributed by atoms with van der Waals surface area (Å²) in [6.07, 6.45) is -0.0533. The van der Waals surface area contributed by atoms with Crippen molar-refractivity contribution in [1.29, 1.82) is 0 Å². The van der Waals surface area contributed by atoms with E-state index in [1.54, 1.807) is 12.3 Å². The van der Waals surface area contributed by atoms with Gasteiger partial charge in [-0.25, -0.2) is 4.98 Å². The van der Waals surface area contributed by atoms with Crippen LogP contribution in [0.5, 0.6) is 0 Å². The highest BCUT2D eigenvalue weighted by Gasteiger charge is 2.30. The molecule has 2 atom stereocenters. The number of nitrogens with one attached hydrogen (secondary N) is 1. The number of amides is 1. The predicted molar refractivity (Wildman–Crippen MR) is 75.4 cm³/mol. The number of aryl methyl sites for hydroxylation is 1. The lowest BCUT2D eigenvalue weighted by atomic mass is 10.0. The lowest BCUT2D eigenvalue weighted by Gasteiger charge is -2.28. The van der Waals surface area contributed by atoms with Crippen LogP contribution in [0.25, 0.3) is 10.9 Å². The van der Waals surface area contributed by atoms with Gasteiger partial charge in [0.2, 0.25) is 5.91 Å². The number of nitrogens with zero attached hydrogens (tertiary/aromatic N) is 2. The molecule has 1 fully saturated rings. The number of hydrogen-bond acceptors (Lipinski definition) is 6. The standard InChI is InChI=1S/C12H14N4O3S/c1-5-14-6-4-20-10(13)9(6)12(19)16(5)7-2-3-8(17)15-11(7)18/h4,7-8,17H,2-3,13H2,1H3,(H,15,18). The molecule has 1 aliphatic heterocycles. The van der Waals surface area contributed by atoms with Crippen molar-refractivity contribution < 1.29 is 9.90 Å². The molecule has 1 saturated heterocycles. The van der Waals surface area contributed by atoms with Crippen LogP contribution in [-0.4, -0.2) is 26.8 Å². The second kappa shape index (κ2) is 4.57. The maximum Gasteiger partial charge on any atom is 0.265 e. The molecule has 0 aromatic carbocycles. The van der Waals surface area contributed by atoms with Crippen LogP contribution in [0, 0.1) is 6.92 Å². The van der Waals surface area contributed by atoms with E-state index in [0.717, 1.165) is 0 Å². The van der Waals surface area contributed by atoms with Gasteiger partial charge in [0.05, 0.1) is 10.9 Å². The monoisotopic (exact) mass is 294 g/mol. The molecule has 0 bridgehead atoms. The zero-order valence-corrected chi connectivity index (χ0v) is 11.6. The molecular weight excluding hydrogens is 280 g/mol. The molecule has 2 aromatic rings. The van der Waals surface area contributed by atoms with Crippen LogP contribution in [-0.2, 0) is 4.79 Å². The summed E-state index contributed by atoms with van der Waals surface area (Å²) < 4.78 is 1.37. The number of aromatic nitrogens is 2. The second-order valence-electron chi connectivity index (χ2n) is 4.81. The minimum absolute atomic E-state index is 0.303. The minimum Gasteiger partial charge on any atom is -0.390 e. The average molecular weight is 294 g/mol. The molecule has 1 amide bonds. The van der Waals surface area contributed by atoms with E-state index in [9.17, 15) is 14.7 Å². The van der Waals surface area contributed by atoms with Crippen molar-refractivity contribution in [3.63, 3.8) is 0 Å². The number of carbonyl (C=O) groups is 1. The van der Waals surface area contributed by atoms with Gasteiger partial charge >= 0.3 is 0 Å². The van der Waals surface area contributed by atoms with Gasteiger partial charge in [-0.1, -0.05) is 0 Å². The number of hydrogen-bond donors (Lipinski definition) is 3. The summed E-state index contributed by atoms with van der Waals surface area (Å²) in [5.41, 5.74) is 6.06. The van der Waals surface area contributed by atoms with Crippen LogP contribution in [0.1, 0.15) is 24.7 Å². The number of piperidine rings is 1. The van der Waals surface area contributed by atoms with Gasteiger partial charge in [-0.2, -0.15) is 0 Å². The topological polar surface area (TPSA) is 110 Å². The quantitative estimate of drug-likeness (QED) is 0.692. The van der Waals surface area contributed by atoms with Crippen molar-refractivity contribution in [3.05, 3.63) is 21.6 Å². The van der Waals surface area contributed by atoms with Crippen molar-refractivity contribution in [2.75, 3.05) is 5.73 Å². The summed E-state index contributed by atoms with van der Waals surface area (Å²) in [7, 11) is 0. The van der Waals surface area contributed by atoms with Crippen molar-refractivity contribution in [1.82, 2.24) is 14.9 Å². The van der Waals surface area contributed by atoms with Crippen molar-refractivity contribution in [2.45, 2.75) is 32.0 Å². The highest BCUT2D eigenvalue weighted by molar-refractivity contribution is 7.15. The molecule has 0 radical (unpaired) electrons. The molecule has 2 aromatic heterocycles. The molecule has 1 aliphatic rings. The van der Waals surface area contributed by atoms with E-state index < -0.39 is 12.3 Å². The predicted octanol–water partition coefficient (Wildman–Crippen LogP) is 0.118. The van der Waals surface area contributed by atoms with Crippen LogP contribution in [0.2, 0.25) is 0 Å². The van der Waals surface area contributed by atoms with E-state index in [-0.39, 0.29) is 11.5 Å². The number of nitrogens with two attached hydrogens (primary N) is 1. The van der Waals surface area contributed by atoms with Gasteiger partial charge < -0.3 is 16.2 Å². The van der Waals surface area contributed by atoms with Crippen molar-refractivity contribution >= 4 is 33.1 Å². The van der Waals surface area contributed by atoms with E-state index in [1.165, 1.54) is 15.9 Å². The number of carbonyl (C=O) groups excluding carboxylic acids is 1. The summed E-state index contributed by atoms with van der Waals surface area (Å²) >= 11 is 1.26. The van der Waals surface area contributed by atoms with Crippen molar-refractivity contribution in [2.24, 2.45) is 0 Å². The fraction of sp³-hybridized carbons (Fsp3) is 0.417. The number of fused-ring (bicyclic) bond motifs is 1. The Bertz CT molecular complexity index is 751. The highest BCUT2D eigenvalue weighted by Crippen LogP contribution is 2.26. The molecule has 4 N–H and O–H groups in total. The molecule has 2 unspecified atom stereocenters. The lowest BCUT2D eigenvalue weighted by Crippen LogP contribution is -2.47. The molecule has 3 heterocycles. The molecule has 20 heavy (non-hydrogen) atoms. The Morgan fingerprint density at radius 3 is 2.95 bits per heavy atom. The number of aliphatic hydroxyl groups excluding tert-OH is 1. The van der Waals surface area contributed by atoms with Gasteiger partial charge in [0.25, 0.3) is 5.56 Å². The van der Waals surface area contributed by atoms with Crippen LogP contribution < -0.4 is 16.6 Å². The van der Waals surface area contributed by atoms with E-state index in [0.29, 0.717) is 34.6 Å². The van der Waals surface area contributed by atoms with Gasteiger partial charge in [0.15, 0.2) is 0 Å². The Balaban J connectivity index is 2.18. The number of aliphatic hydroxyl groups is 1. The van der Waals surface area contributed by atoms with Crippen LogP contribution >= 0.6 is 11.3 Å². The van der Waals surface area contributed by atoms with E-state index in [1.807, 2.05) is 0 Å². The molecule has 0 saturated carbocycles. The highest BCUT2D eigenvalue weighted by atomic mass is 32.1. The maximum absolute atomic E-state index is 12.6. The lowest BCUT2D eigenvalue weighted by molar-refractivity contribution is -0.130. The summed E-state index contributed by atoms with van der Waals surface area (Å²) in [4.78, 5) is 28.9. The first-order valence-electron chi connectivity index (χ1n) is 6.23. The molecule has 8 heteroatoms. The van der Waals surface area contributed by atoms with Crippen molar-refractivity contribution in [3.8, 4) is 0 Å². The fourth-order valence-electron chi connectivity index (χ4n) is 2.55. The third kappa shape index (κ3) is 1.88. The SMILES string of the molecule is Cc1nc2csc(N)c2c(=O)n1C1CCC(O)NC1=O. The van der Waals surface area contributed by atoms with Gasteiger partial charge in [0, 0.05) is 5.38 Å². The first-order chi connectivity index (χ1) is 9.49. The van der Waals surface area contributed by atoms with Gasteiger partial charge in [-0.3, -0.25) is 14.2 Å². The molecule has 3 rings (SSSR count). The normalized spacial score (nSPS) is 23.0. The largest absolute Gasteiger partial charge is 0.390 e. The first kappa shape index (κ1) is 13.1. The van der Waals surface area contributed by atoms with Crippen LogP contribution in [0.4, 0.5) is 5.00 Å². The Labute approximate surface area is 118 Å². The third-order valence-electron chi connectivity index (χ3n) is 3.50. The van der Waals surface area contributed by atoms with E-state index in [2.05, 4.69) is 10.3 Å². The Morgan fingerprint density at radius 2 is 2.25 bits per heavy atom. The molecule has 0 aliphatic carbocycles.